The van der Waals surface area contributed by atoms with E-state index in [9.17, 15) is 9.59 Å². The van der Waals surface area contributed by atoms with Crippen LogP contribution >= 0.6 is 0 Å². The van der Waals surface area contributed by atoms with E-state index in [0.717, 1.165) is 39.1 Å². The Morgan fingerprint density at radius 2 is 1.92 bits per heavy atom. The predicted octanol–water partition coefficient (Wildman–Crippen LogP) is 1.59. The quantitative estimate of drug-likeness (QED) is 0.843. The standard InChI is InChI=1S/C19H27N3O2/c1-2-21-15-17(13-18(21)23)19(24)22-10-6-9-20(11-12-22)14-16-7-4-3-5-8-16/h3-5,7-8,17H,2,6,9-15H2,1H3/t17-/m1/s1. The second-order valence-electron chi connectivity index (χ2n) is 6.77. The lowest BCUT2D eigenvalue weighted by molar-refractivity contribution is -0.135. The highest BCUT2D eigenvalue weighted by atomic mass is 16.2. The molecule has 130 valence electrons. The van der Waals surface area contributed by atoms with E-state index < -0.39 is 0 Å². The van der Waals surface area contributed by atoms with Gasteiger partial charge in [-0.15, -0.1) is 0 Å². The Morgan fingerprint density at radius 3 is 2.62 bits per heavy atom. The number of benzene rings is 1. The molecule has 0 aromatic heterocycles. The maximum atomic E-state index is 12.8. The molecule has 1 aromatic carbocycles. The summed E-state index contributed by atoms with van der Waals surface area (Å²) in [6.45, 7) is 7.70. The smallest absolute Gasteiger partial charge is 0.228 e. The Bertz CT molecular complexity index is 575. The zero-order valence-electron chi connectivity index (χ0n) is 14.5. The molecule has 2 amide bonds. The van der Waals surface area contributed by atoms with E-state index in [1.807, 2.05) is 17.9 Å². The summed E-state index contributed by atoms with van der Waals surface area (Å²) in [4.78, 5) is 30.8. The Labute approximate surface area is 144 Å². The average Bonchev–Trinajstić information content (AvgIpc) is 2.83. The van der Waals surface area contributed by atoms with Crippen LogP contribution in [0.3, 0.4) is 0 Å². The molecule has 2 aliphatic heterocycles. The molecule has 2 aliphatic rings. The molecule has 2 fully saturated rings. The van der Waals surface area contributed by atoms with Crippen LogP contribution in [0.15, 0.2) is 30.3 Å². The number of nitrogens with zero attached hydrogens (tertiary/aromatic N) is 3. The normalized spacial score (nSPS) is 22.7. The van der Waals surface area contributed by atoms with Crippen LogP contribution in [0.2, 0.25) is 0 Å². The van der Waals surface area contributed by atoms with E-state index in [-0.39, 0.29) is 17.7 Å². The van der Waals surface area contributed by atoms with E-state index in [4.69, 9.17) is 0 Å². The summed E-state index contributed by atoms with van der Waals surface area (Å²) in [7, 11) is 0. The van der Waals surface area contributed by atoms with E-state index in [0.29, 0.717) is 19.5 Å². The molecule has 1 atom stereocenters. The fraction of sp³-hybridized carbons (Fsp3) is 0.579. The number of carbonyl (C=O) groups is 2. The van der Waals surface area contributed by atoms with Crippen molar-refractivity contribution >= 4 is 11.8 Å². The molecular formula is C19H27N3O2. The van der Waals surface area contributed by atoms with Crippen LogP contribution in [0.4, 0.5) is 0 Å². The van der Waals surface area contributed by atoms with Gasteiger partial charge < -0.3 is 9.80 Å². The number of hydrogen-bond acceptors (Lipinski definition) is 3. The minimum absolute atomic E-state index is 0.122. The van der Waals surface area contributed by atoms with Crippen molar-refractivity contribution in [1.29, 1.82) is 0 Å². The highest BCUT2D eigenvalue weighted by Gasteiger charge is 2.36. The first-order valence-electron chi connectivity index (χ1n) is 9.00. The van der Waals surface area contributed by atoms with Gasteiger partial charge in [0.05, 0.1) is 5.92 Å². The van der Waals surface area contributed by atoms with Gasteiger partial charge in [-0.1, -0.05) is 30.3 Å². The molecule has 0 bridgehead atoms. The molecule has 3 rings (SSSR count). The van der Waals surface area contributed by atoms with Crippen molar-refractivity contribution in [2.75, 3.05) is 39.3 Å². The van der Waals surface area contributed by atoms with Crippen molar-refractivity contribution in [3.8, 4) is 0 Å². The summed E-state index contributed by atoms with van der Waals surface area (Å²) in [5.41, 5.74) is 1.32. The topological polar surface area (TPSA) is 43.9 Å². The molecule has 0 N–H and O–H groups in total. The van der Waals surface area contributed by atoms with Gasteiger partial charge in [0.15, 0.2) is 0 Å². The van der Waals surface area contributed by atoms with Gasteiger partial charge in [-0.25, -0.2) is 0 Å². The Morgan fingerprint density at radius 1 is 1.12 bits per heavy atom. The van der Waals surface area contributed by atoms with Crippen LogP contribution in [0, 0.1) is 5.92 Å². The molecule has 5 heteroatoms. The van der Waals surface area contributed by atoms with Crippen LogP contribution in [0.5, 0.6) is 0 Å². The summed E-state index contributed by atoms with van der Waals surface area (Å²) >= 11 is 0. The first-order chi connectivity index (χ1) is 11.7. The van der Waals surface area contributed by atoms with Crippen LogP contribution in [-0.2, 0) is 16.1 Å². The second kappa shape index (κ2) is 7.79. The lowest BCUT2D eigenvalue weighted by Gasteiger charge is -2.24. The van der Waals surface area contributed by atoms with Gasteiger partial charge in [0.25, 0.3) is 0 Å². The minimum atomic E-state index is -0.141. The molecule has 2 saturated heterocycles. The maximum Gasteiger partial charge on any atom is 0.228 e. The highest BCUT2D eigenvalue weighted by Crippen LogP contribution is 2.21. The fourth-order valence-corrected chi connectivity index (χ4v) is 3.69. The highest BCUT2D eigenvalue weighted by molar-refractivity contribution is 5.89. The number of rotatable bonds is 4. The molecular weight excluding hydrogens is 302 g/mol. The maximum absolute atomic E-state index is 12.8. The predicted molar refractivity (Wildman–Crippen MR) is 93.3 cm³/mol. The van der Waals surface area contributed by atoms with Crippen molar-refractivity contribution in [1.82, 2.24) is 14.7 Å². The van der Waals surface area contributed by atoms with Gasteiger partial charge in [-0.2, -0.15) is 0 Å². The summed E-state index contributed by atoms with van der Waals surface area (Å²) in [6.07, 6.45) is 1.38. The Kier molecular flexibility index (Phi) is 5.51. The molecule has 0 radical (unpaired) electrons. The molecule has 1 aromatic rings. The van der Waals surface area contributed by atoms with E-state index in [2.05, 4.69) is 29.2 Å². The van der Waals surface area contributed by atoms with Gasteiger partial charge >= 0.3 is 0 Å². The lowest BCUT2D eigenvalue weighted by Crippen LogP contribution is -2.39. The van der Waals surface area contributed by atoms with Crippen LogP contribution < -0.4 is 0 Å². The van der Waals surface area contributed by atoms with Crippen molar-refractivity contribution in [3.05, 3.63) is 35.9 Å². The number of carbonyl (C=O) groups excluding carboxylic acids is 2. The number of hydrogen-bond donors (Lipinski definition) is 0. The Hall–Kier alpha value is -1.88. The van der Waals surface area contributed by atoms with Crippen LogP contribution in [0.1, 0.15) is 25.3 Å². The zero-order chi connectivity index (χ0) is 16.9. The van der Waals surface area contributed by atoms with Crippen molar-refractivity contribution in [2.24, 2.45) is 5.92 Å². The van der Waals surface area contributed by atoms with Gasteiger partial charge in [0, 0.05) is 52.2 Å². The molecule has 0 unspecified atom stereocenters. The van der Waals surface area contributed by atoms with Gasteiger partial charge in [0.2, 0.25) is 11.8 Å². The summed E-state index contributed by atoms with van der Waals surface area (Å²) < 4.78 is 0. The molecule has 2 heterocycles. The van der Waals surface area contributed by atoms with Gasteiger partial charge in [-0.3, -0.25) is 14.5 Å². The van der Waals surface area contributed by atoms with E-state index in [1.54, 1.807) is 4.90 Å². The minimum Gasteiger partial charge on any atom is -0.342 e. The van der Waals surface area contributed by atoms with Gasteiger partial charge in [-0.05, 0) is 18.9 Å². The summed E-state index contributed by atoms with van der Waals surface area (Å²) in [6, 6.07) is 10.5. The van der Waals surface area contributed by atoms with Crippen molar-refractivity contribution in [2.45, 2.75) is 26.3 Å². The molecule has 0 saturated carbocycles. The fourth-order valence-electron chi connectivity index (χ4n) is 3.69. The second-order valence-corrected chi connectivity index (χ2v) is 6.77. The van der Waals surface area contributed by atoms with Crippen molar-refractivity contribution < 1.29 is 9.59 Å². The van der Waals surface area contributed by atoms with Gasteiger partial charge in [0.1, 0.15) is 0 Å². The largest absolute Gasteiger partial charge is 0.342 e. The monoisotopic (exact) mass is 329 g/mol. The lowest BCUT2D eigenvalue weighted by atomic mass is 10.1. The SMILES string of the molecule is CCN1C[C@H](C(=O)N2CCCN(Cc3ccccc3)CC2)CC1=O. The van der Waals surface area contributed by atoms with Crippen molar-refractivity contribution in [3.63, 3.8) is 0 Å². The molecule has 0 spiro atoms. The van der Waals surface area contributed by atoms with Crippen LogP contribution in [-0.4, -0.2) is 65.8 Å². The summed E-state index contributed by atoms with van der Waals surface area (Å²) in [5, 5.41) is 0. The number of likely N-dealkylation sites (tertiary alicyclic amines) is 1. The average molecular weight is 329 g/mol. The van der Waals surface area contributed by atoms with E-state index in [1.165, 1.54) is 5.56 Å². The molecule has 5 nitrogen and oxygen atoms in total. The van der Waals surface area contributed by atoms with E-state index >= 15 is 0 Å². The Balaban J connectivity index is 1.53. The first-order valence-corrected chi connectivity index (χ1v) is 9.00. The third-order valence-corrected chi connectivity index (χ3v) is 5.09. The third kappa shape index (κ3) is 3.96. The third-order valence-electron chi connectivity index (χ3n) is 5.09. The number of amides is 2. The summed E-state index contributed by atoms with van der Waals surface area (Å²) in [5.74, 6) is 0.148. The first kappa shape index (κ1) is 17.0. The molecule has 24 heavy (non-hydrogen) atoms. The van der Waals surface area contributed by atoms with Crippen LogP contribution in [0.25, 0.3) is 0 Å². The zero-order valence-corrected chi connectivity index (χ0v) is 14.5. The molecule has 0 aliphatic carbocycles.